The smallest absolute Gasteiger partial charge is 0.337 e. The van der Waals surface area contributed by atoms with Crippen LogP contribution in [-0.2, 0) is 18.2 Å². The van der Waals surface area contributed by atoms with E-state index in [0.29, 0.717) is 0 Å². The van der Waals surface area contributed by atoms with Gasteiger partial charge in [0, 0.05) is 80.6 Å². The molecule has 418 valence electrons. The van der Waals surface area contributed by atoms with Crippen LogP contribution in [0.4, 0.5) is 5.69 Å². The summed E-state index contributed by atoms with van der Waals surface area (Å²) in [7, 11) is 0. The van der Waals surface area contributed by atoms with Gasteiger partial charge in [-0.05, 0) is 95.1 Å². The van der Waals surface area contributed by atoms with Crippen molar-refractivity contribution in [3.8, 4) is 56.4 Å². The number of aromatic nitrogens is 10. The van der Waals surface area contributed by atoms with Gasteiger partial charge in [-0.25, -0.2) is 23.3 Å². The molecule has 11 nitrogen and oxygen atoms in total. The Hall–Kier alpha value is -12.1. The van der Waals surface area contributed by atoms with E-state index in [-0.39, 0.29) is 11.8 Å². The third-order valence-electron chi connectivity index (χ3n) is 23.5. The second-order valence-corrected chi connectivity index (χ2v) is 27.2. The number of imidazole rings is 1. The number of fused-ring (bicyclic) bond motifs is 10. The molecule has 9 aromatic carbocycles. The van der Waals surface area contributed by atoms with Gasteiger partial charge in [-0.2, -0.15) is 0 Å². The van der Waals surface area contributed by atoms with Gasteiger partial charge in [0.1, 0.15) is 11.3 Å². The van der Waals surface area contributed by atoms with E-state index in [1.807, 2.05) is 0 Å². The van der Waals surface area contributed by atoms with Crippen LogP contribution in [0.5, 0.6) is 0 Å². The number of H-pyrrole nitrogens is 1. The molecule has 18 aromatic rings. The lowest BCUT2D eigenvalue weighted by Crippen LogP contribution is -2.81. The molecule has 0 saturated carbocycles. The molecule has 0 amide bonds. The van der Waals surface area contributed by atoms with Gasteiger partial charge in [0.15, 0.2) is 0 Å². The fourth-order valence-corrected chi connectivity index (χ4v) is 20.5. The Labute approximate surface area is 520 Å². The van der Waals surface area contributed by atoms with Gasteiger partial charge in [-0.15, -0.1) is 0 Å². The van der Waals surface area contributed by atoms with E-state index in [0.717, 1.165) is 56.6 Å². The van der Waals surface area contributed by atoms with Crippen LogP contribution in [0.2, 0.25) is 0 Å². The number of rotatable bonds is 4. The maximum atomic E-state index is 5.76. The standard InChI is InChI=1S/C81H42N11/c1-3-11-41(12-4-1)66-62-35-44-15-7-19-49-58-31-27-48-56-39-57(82-68(56)53-28-32-59-50-20-8-16-45-36-63(66)90(72(45)50)80(89(62)71(44)49)85(58)75(48)76(53)86(59)80)40-23-25-43(26-24-40)79-83-69-54-29-33-60-51-21-9-17-46-37-64-67(42-13-5-2-6-14-42)65-38-47-18-10-22-52-61-34-30-55(70(69)84-79)78-77(54)87(60)81(88(61)78,91(64)73(46)51)92(65)74(47)52/h1-38,66-67H,39H2/q+3/p+1. The molecule has 11 heteroatoms. The van der Waals surface area contributed by atoms with Gasteiger partial charge in [0.05, 0.1) is 94.6 Å². The van der Waals surface area contributed by atoms with Crippen molar-refractivity contribution in [3.63, 3.8) is 0 Å². The first-order valence-electron chi connectivity index (χ1n) is 32.3. The number of benzene rings is 9. The molecule has 4 unspecified atom stereocenters. The summed E-state index contributed by atoms with van der Waals surface area (Å²) in [5.74, 6) is -0.645. The molecule has 1 N–H and O–H groups in total. The average Bonchev–Trinajstić information content (AvgIpc) is 1.45. The second kappa shape index (κ2) is 13.9. The second-order valence-electron chi connectivity index (χ2n) is 27.2. The predicted octanol–water partition coefficient (Wildman–Crippen LogP) is 14.4. The zero-order chi connectivity index (χ0) is 58.4. The highest BCUT2D eigenvalue weighted by molar-refractivity contribution is 6.21. The van der Waals surface area contributed by atoms with E-state index < -0.39 is 11.8 Å². The molecular formula is C81H43N11+4. The van der Waals surface area contributed by atoms with Crippen LogP contribution in [0.25, 0.3) is 155 Å². The summed E-state index contributed by atoms with van der Waals surface area (Å²) in [6.45, 7) is 0. The van der Waals surface area contributed by atoms with Crippen LogP contribution in [0, 0.1) is 0 Å². The first-order valence-corrected chi connectivity index (χ1v) is 32.3. The van der Waals surface area contributed by atoms with Crippen LogP contribution in [0.3, 0.4) is 0 Å². The van der Waals surface area contributed by atoms with Crippen molar-refractivity contribution in [3.05, 3.63) is 276 Å². The summed E-state index contributed by atoms with van der Waals surface area (Å²) in [5, 5.41) is 9.82. The minimum atomic E-state index is -0.789. The van der Waals surface area contributed by atoms with E-state index in [1.165, 1.54) is 161 Å². The normalized spacial score (nSPS) is 18.0. The van der Waals surface area contributed by atoms with E-state index in [2.05, 4.69) is 272 Å². The van der Waals surface area contributed by atoms with Gasteiger partial charge >= 0.3 is 11.8 Å². The monoisotopic (exact) mass is 1170 g/mol. The van der Waals surface area contributed by atoms with Gasteiger partial charge in [0.25, 0.3) is 22.1 Å². The molecule has 4 atom stereocenters. The Kier molecular flexibility index (Phi) is 6.69. The fourth-order valence-electron chi connectivity index (χ4n) is 20.5. The molecule has 0 bridgehead atoms. The SMILES string of the molecule is c1ccc(C2c3cc4cccc5c4n3C34n6c2cc2cccc(c26)-c2ccc6c7c(c8ccc-5[n+]3c8c6[n+]24)CC(c2ccc(-c3nc4c5ccc6[n+]8c5c5c(ccc9[n+]5C85n8c(cc%10cccc-6c%108)C(c6ccccc6)c6cc8cccc-9c8n65)c4[nH]3)cc2)=N7)cc1. The topological polar surface area (TPSA) is 76.3 Å². The van der Waals surface area contributed by atoms with E-state index >= 15 is 0 Å². The number of hydrogen-bond acceptors (Lipinski definition) is 2. The summed E-state index contributed by atoms with van der Waals surface area (Å²) >= 11 is 0. The zero-order valence-electron chi connectivity index (χ0n) is 48.8. The van der Waals surface area contributed by atoms with Crippen LogP contribution >= 0.6 is 0 Å². The lowest BCUT2D eigenvalue weighted by molar-refractivity contribution is -0.965. The molecule has 0 fully saturated rings. The summed E-state index contributed by atoms with van der Waals surface area (Å²) in [5.41, 5.74) is 35.4. The van der Waals surface area contributed by atoms with Crippen molar-refractivity contribution < 1.29 is 18.3 Å². The van der Waals surface area contributed by atoms with Crippen molar-refractivity contribution in [2.75, 3.05) is 0 Å². The third kappa shape index (κ3) is 4.24. The molecule has 92 heavy (non-hydrogen) atoms. The molecule has 0 radical (unpaired) electrons. The van der Waals surface area contributed by atoms with Crippen molar-refractivity contribution in [2.45, 2.75) is 30.1 Å². The quantitative estimate of drug-likeness (QED) is 0.138. The Bertz CT molecular complexity index is 6710. The van der Waals surface area contributed by atoms with E-state index in [1.54, 1.807) is 0 Å². The van der Waals surface area contributed by atoms with E-state index in [9.17, 15) is 0 Å². The van der Waals surface area contributed by atoms with E-state index in [4.69, 9.17) is 9.98 Å². The van der Waals surface area contributed by atoms with Crippen LogP contribution in [-0.4, -0.2) is 33.9 Å². The minimum Gasteiger partial charge on any atom is -0.337 e. The lowest BCUT2D eigenvalue weighted by Gasteiger charge is -2.39. The summed E-state index contributed by atoms with van der Waals surface area (Å²) in [6.07, 6.45) is 0.724. The maximum absolute atomic E-state index is 5.76. The molecule has 9 aromatic heterocycles. The van der Waals surface area contributed by atoms with Crippen LogP contribution < -0.4 is 18.3 Å². The number of nitrogens with one attached hydrogen (secondary N) is 1. The number of aromatic amines is 1. The molecule has 27 rings (SSSR count). The van der Waals surface area contributed by atoms with Crippen LogP contribution in [0.15, 0.2) is 236 Å². The number of aliphatic imine (C=N–C) groups is 1. The summed E-state index contributed by atoms with van der Waals surface area (Å²) in [6, 6.07) is 88.0. The predicted molar refractivity (Wildman–Crippen MR) is 356 cm³/mol. The highest BCUT2D eigenvalue weighted by Gasteiger charge is 2.74. The summed E-state index contributed by atoms with van der Waals surface area (Å²) < 4.78 is 21.7. The number of nitrogens with zero attached hydrogens (tertiary/aromatic N) is 10. The maximum Gasteiger partial charge on any atom is 0.554 e. The Morgan fingerprint density at radius 1 is 0.380 bits per heavy atom. The number of pyridine rings is 4. The van der Waals surface area contributed by atoms with Gasteiger partial charge < -0.3 is 4.98 Å². The Balaban J connectivity index is 0.642. The lowest BCUT2D eigenvalue weighted by atomic mass is 9.90. The largest absolute Gasteiger partial charge is 0.554 e. The molecule has 9 aliphatic heterocycles. The van der Waals surface area contributed by atoms with Gasteiger partial charge in [-0.3, -0.25) is 4.99 Å². The Morgan fingerprint density at radius 3 is 1.26 bits per heavy atom. The molecule has 18 heterocycles. The Morgan fingerprint density at radius 2 is 0.783 bits per heavy atom. The average molecular weight is 1170 g/mol. The van der Waals surface area contributed by atoms with Gasteiger partial charge in [0.2, 0.25) is 22.8 Å². The van der Waals surface area contributed by atoms with Crippen molar-refractivity contribution in [1.29, 1.82) is 0 Å². The third-order valence-corrected chi connectivity index (χ3v) is 23.5. The zero-order valence-corrected chi connectivity index (χ0v) is 48.8. The fraction of sp³-hybridized carbons (Fsp3) is 0.0617. The molecule has 0 saturated heterocycles. The number of para-hydroxylation sites is 4. The first kappa shape index (κ1) is 44.4. The molecule has 0 aliphatic carbocycles. The van der Waals surface area contributed by atoms with Crippen molar-refractivity contribution in [1.82, 2.24) is 28.2 Å². The van der Waals surface area contributed by atoms with Crippen LogP contribution in [0.1, 0.15) is 56.9 Å². The highest BCUT2D eigenvalue weighted by Crippen LogP contribution is 2.58. The first-order chi connectivity index (χ1) is 45.6. The molecule has 2 spiro atoms. The number of hydrogen-bond donors (Lipinski definition) is 1. The molecule has 9 aliphatic rings. The van der Waals surface area contributed by atoms with Gasteiger partial charge in [-0.1, -0.05) is 152 Å². The minimum absolute atomic E-state index is 0.0255. The van der Waals surface area contributed by atoms with Crippen molar-refractivity contribution >= 4 is 110 Å². The summed E-state index contributed by atoms with van der Waals surface area (Å²) in [4.78, 5) is 15.4. The highest BCUT2D eigenvalue weighted by atomic mass is 15.6. The van der Waals surface area contributed by atoms with Crippen molar-refractivity contribution in [2.24, 2.45) is 4.99 Å². The molecular weight excluding hydrogens is 1130 g/mol.